The molecule has 1 atom stereocenters. The Morgan fingerprint density at radius 3 is 2.72 bits per heavy atom. The molecule has 6 nitrogen and oxygen atoms in total. The zero-order valence-electron chi connectivity index (χ0n) is 11.3. The van der Waals surface area contributed by atoms with Crippen molar-refractivity contribution in [1.82, 2.24) is 20.1 Å². The van der Waals surface area contributed by atoms with Crippen molar-refractivity contribution in [3.05, 3.63) is 5.82 Å². The zero-order chi connectivity index (χ0) is 13.5. The van der Waals surface area contributed by atoms with Crippen LogP contribution in [0, 0.1) is 6.92 Å². The molecule has 1 heterocycles. The quantitative estimate of drug-likeness (QED) is 0.584. The minimum atomic E-state index is -0.308. The molecule has 0 aliphatic heterocycles. The molecule has 0 saturated carbocycles. The van der Waals surface area contributed by atoms with E-state index in [1.54, 1.807) is 6.92 Å². The summed E-state index contributed by atoms with van der Waals surface area (Å²) in [5.74, 6) is 1.22. The number of likely N-dealkylation sites (N-methyl/N-ethyl adjacent to an activating group) is 1. The predicted molar refractivity (Wildman–Crippen MR) is 70.6 cm³/mol. The first-order valence-corrected chi connectivity index (χ1v) is 6.97. The van der Waals surface area contributed by atoms with Crippen molar-refractivity contribution >= 4 is 17.7 Å². The Morgan fingerprint density at radius 1 is 1.50 bits per heavy atom. The number of carbonyl (C=O) groups excluding carboxylic acids is 1. The van der Waals surface area contributed by atoms with Gasteiger partial charge < -0.3 is 14.6 Å². The molecular weight excluding hydrogens is 252 g/mol. The van der Waals surface area contributed by atoms with Crippen molar-refractivity contribution in [2.75, 3.05) is 18.9 Å². The van der Waals surface area contributed by atoms with E-state index < -0.39 is 0 Å². The van der Waals surface area contributed by atoms with Crippen LogP contribution in [-0.2, 0) is 16.6 Å². The summed E-state index contributed by atoms with van der Waals surface area (Å²) < 4.78 is 6.92. The highest BCUT2D eigenvalue weighted by molar-refractivity contribution is 7.99. The largest absolute Gasteiger partial charge is 0.465 e. The number of nitrogens with one attached hydrogen (secondary N) is 1. The molecule has 0 saturated heterocycles. The standard InChI is InChI=1S/C11H20N4O2S/c1-5-12-9(10(16)17-6-2)7-18-11-14-13-8(3)15(11)4/h9,12H,5-7H2,1-4H3. The van der Waals surface area contributed by atoms with Crippen molar-refractivity contribution in [3.8, 4) is 0 Å². The Kier molecular flexibility index (Phi) is 6.14. The summed E-state index contributed by atoms with van der Waals surface area (Å²) in [5.41, 5.74) is 0. The van der Waals surface area contributed by atoms with Gasteiger partial charge in [0.25, 0.3) is 0 Å². The molecule has 0 amide bonds. The molecule has 1 aromatic rings. The highest BCUT2D eigenvalue weighted by Gasteiger charge is 2.20. The van der Waals surface area contributed by atoms with Crippen LogP contribution in [0.15, 0.2) is 5.16 Å². The van der Waals surface area contributed by atoms with Gasteiger partial charge in [0, 0.05) is 12.8 Å². The van der Waals surface area contributed by atoms with Gasteiger partial charge in [-0.3, -0.25) is 4.79 Å². The van der Waals surface area contributed by atoms with Crippen molar-refractivity contribution < 1.29 is 9.53 Å². The number of ether oxygens (including phenoxy) is 1. The van der Waals surface area contributed by atoms with Crippen molar-refractivity contribution in [3.63, 3.8) is 0 Å². The molecule has 0 spiro atoms. The van der Waals surface area contributed by atoms with E-state index in [9.17, 15) is 4.79 Å². The number of hydrogen-bond donors (Lipinski definition) is 1. The van der Waals surface area contributed by atoms with Crippen LogP contribution in [0.4, 0.5) is 0 Å². The Labute approximate surface area is 111 Å². The number of hydrogen-bond acceptors (Lipinski definition) is 6. The topological polar surface area (TPSA) is 69.0 Å². The van der Waals surface area contributed by atoms with Gasteiger partial charge in [-0.2, -0.15) is 0 Å². The van der Waals surface area contributed by atoms with Gasteiger partial charge in [-0.15, -0.1) is 10.2 Å². The first-order valence-electron chi connectivity index (χ1n) is 5.98. The highest BCUT2D eigenvalue weighted by atomic mass is 32.2. The van der Waals surface area contributed by atoms with E-state index in [2.05, 4.69) is 15.5 Å². The third-order valence-corrected chi connectivity index (χ3v) is 3.57. The lowest BCUT2D eigenvalue weighted by Crippen LogP contribution is -2.40. The Hall–Kier alpha value is -1.08. The van der Waals surface area contributed by atoms with Crippen molar-refractivity contribution in [1.29, 1.82) is 0 Å². The minimum Gasteiger partial charge on any atom is -0.465 e. The van der Waals surface area contributed by atoms with E-state index in [4.69, 9.17) is 4.74 Å². The number of esters is 1. The lowest BCUT2D eigenvalue weighted by Gasteiger charge is -2.15. The molecule has 0 fully saturated rings. The number of aryl methyl sites for hydroxylation is 1. The van der Waals surface area contributed by atoms with Gasteiger partial charge in [0.15, 0.2) is 5.16 Å². The number of aromatic nitrogens is 3. The maximum atomic E-state index is 11.7. The van der Waals surface area contributed by atoms with E-state index in [-0.39, 0.29) is 12.0 Å². The zero-order valence-corrected chi connectivity index (χ0v) is 12.1. The number of thioether (sulfide) groups is 1. The van der Waals surface area contributed by atoms with E-state index >= 15 is 0 Å². The maximum Gasteiger partial charge on any atom is 0.323 e. The summed E-state index contributed by atoms with van der Waals surface area (Å²) in [6, 6.07) is -0.308. The SMILES string of the molecule is CCNC(CSc1nnc(C)n1C)C(=O)OCC. The summed E-state index contributed by atoms with van der Waals surface area (Å²) in [6.07, 6.45) is 0. The van der Waals surface area contributed by atoms with Crippen LogP contribution in [0.3, 0.4) is 0 Å². The number of rotatable bonds is 7. The van der Waals surface area contributed by atoms with Crippen LogP contribution in [0.2, 0.25) is 0 Å². The van der Waals surface area contributed by atoms with Gasteiger partial charge in [0.05, 0.1) is 6.61 Å². The molecule has 1 rings (SSSR count). The summed E-state index contributed by atoms with van der Waals surface area (Å²) in [6.45, 7) is 6.78. The predicted octanol–water partition coefficient (Wildman–Crippen LogP) is 0.757. The molecule has 0 aliphatic rings. The van der Waals surface area contributed by atoms with Crippen molar-refractivity contribution in [2.45, 2.75) is 32.0 Å². The maximum absolute atomic E-state index is 11.7. The molecule has 1 aromatic heterocycles. The van der Waals surface area contributed by atoms with Gasteiger partial charge >= 0.3 is 5.97 Å². The lowest BCUT2D eigenvalue weighted by atomic mass is 10.3. The van der Waals surface area contributed by atoms with E-state index in [1.165, 1.54) is 11.8 Å². The fraction of sp³-hybridized carbons (Fsp3) is 0.727. The van der Waals surface area contributed by atoms with Crippen molar-refractivity contribution in [2.24, 2.45) is 7.05 Å². The van der Waals surface area contributed by atoms with E-state index in [0.29, 0.717) is 12.4 Å². The fourth-order valence-corrected chi connectivity index (χ4v) is 2.36. The lowest BCUT2D eigenvalue weighted by molar-refractivity contribution is -0.144. The Balaban J connectivity index is 2.56. The molecular formula is C11H20N4O2S. The molecule has 0 bridgehead atoms. The minimum absolute atomic E-state index is 0.217. The average Bonchev–Trinajstić information content (AvgIpc) is 2.66. The monoisotopic (exact) mass is 272 g/mol. The molecule has 102 valence electrons. The van der Waals surface area contributed by atoms with Crippen LogP contribution in [0.25, 0.3) is 0 Å². The summed E-state index contributed by atoms with van der Waals surface area (Å²) in [7, 11) is 1.91. The molecule has 1 unspecified atom stereocenters. The molecule has 1 N–H and O–H groups in total. The average molecular weight is 272 g/mol. The molecule has 7 heteroatoms. The number of carbonyl (C=O) groups is 1. The number of nitrogens with zero attached hydrogens (tertiary/aromatic N) is 3. The normalized spacial score (nSPS) is 12.4. The van der Waals surface area contributed by atoms with Crippen LogP contribution in [0.5, 0.6) is 0 Å². The second kappa shape index (κ2) is 7.38. The van der Waals surface area contributed by atoms with Crippen LogP contribution < -0.4 is 5.32 Å². The van der Waals surface area contributed by atoms with E-state index in [1.807, 2.05) is 25.5 Å². The molecule has 0 aliphatic carbocycles. The molecule has 18 heavy (non-hydrogen) atoms. The summed E-state index contributed by atoms with van der Waals surface area (Å²) >= 11 is 1.50. The smallest absolute Gasteiger partial charge is 0.323 e. The van der Waals surface area contributed by atoms with Gasteiger partial charge in [-0.1, -0.05) is 18.7 Å². The van der Waals surface area contributed by atoms with Gasteiger partial charge in [0.1, 0.15) is 11.9 Å². The van der Waals surface area contributed by atoms with Crippen LogP contribution in [-0.4, -0.2) is 45.7 Å². The van der Waals surface area contributed by atoms with Gasteiger partial charge in [-0.25, -0.2) is 0 Å². The first kappa shape index (κ1) is 15.0. The second-order valence-corrected chi connectivity index (χ2v) is 4.75. The van der Waals surface area contributed by atoms with Gasteiger partial charge in [-0.05, 0) is 20.4 Å². The van der Waals surface area contributed by atoms with Gasteiger partial charge in [0.2, 0.25) is 0 Å². The molecule has 0 aromatic carbocycles. The second-order valence-electron chi connectivity index (χ2n) is 3.76. The molecule has 0 radical (unpaired) electrons. The fourth-order valence-electron chi connectivity index (χ4n) is 1.37. The highest BCUT2D eigenvalue weighted by Crippen LogP contribution is 2.16. The van der Waals surface area contributed by atoms with Crippen LogP contribution >= 0.6 is 11.8 Å². The third-order valence-electron chi connectivity index (χ3n) is 2.45. The summed E-state index contributed by atoms with van der Waals surface area (Å²) in [5, 5.41) is 11.9. The Morgan fingerprint density at radius 2 is 2.22 bits per heavy atom. The summed E-state index contributed by atoms with van der Waals surface area (Å²) in [4.78, 5) is 11.7. The Bertz CT molecular complexity index is 394. The first-order chi connectivity index (χ1) is 8.60. The van der Waals surface area contributed by atoms with Crippen LogP contribution in [0.1, 0.15) is 19.7 Å². The third kappa shape index (κ3) is 3.99. The van der Waals surface area contributed by atoms with E-state index in [0.717, 1.165) is 17.5 Å².